The van der Waals surface area contributed by atoms with Crippen LogP contribution in [-0.2, 0) is 13.1 Å². The molecule has 2 aromatic rings. The molecule has 0 aliphatic carbocycles. The van der Waals surface area contributed by atoms with E-state index in [0.717, 1.165) is 38.0 Å². The van der Waals surface area contributed by atoms with Crippen LogP contribution in [0.3, 0.4) is 0 Å². The molecule has 1 fully saturated rings. The molecule has 3 heteroatoms. The van der Waals surface area contributed by atoms with Crippen LogP contribution in [0.25, 0.3) is 0 Å². The van der Waals surface area contributed by atoms with E-state index in [1.54, 1.807) is 6.07 Å². The Morgan fingerprint density at radius 1 is 0.955 bits per heavy atom. The first-order chi connectivity index (χ1) is 10.8. The Labute approximate surface area is 132 Å². The highest BCUT2D eigenvalue weighted by Gasteiger charge is 2.18. The quantitative estimate of drug-likeness (QED) is 0.907. The maximum Gasteiger partial charge on any atom is 0.127 e. The summed E-state index contributed by atoms with van der Waals surface area (Å²) in [5.41, 5.74) is 2.13. The minimum absolute atomic E-state index is 0.114. The number of halogens is 1. The van der Waals surface area contributed by atoms with Crippen molar-refractivity contribution in [1.82, 2.24) is 10.2 Å². The largest absolute Gasteiger partial charge is 0.310 e. The van der Waals surface area contributed by atoms with E-state index in [1.807, 2.05) is 12.1 Å². The Morgan fingerprint density at radius 2 is 1.64 bits per heavy atom. The number of rotatable bonds is 5. The lowest BCUT2D eigenvalue weighted by molar-refractivity contribution is 0.190. The summed E-state index contributed by atoms with van der Waals surface area (Å²) in [7, 11) is 0. The normalized spacial score (nSPS) is 16.8. The zero-order valence-electron chi connectivity index (χ0n) is 12.8. The van der Waals surface area contributed by atoms with E-state index in [0.29, 0.717) is 12.6 Å². The van der Waals surface area contributed by atoms with Gasteiger partial charge in [0.15, 0.2) is 0 Å². The molecule has 1 aliphatic rings. The van der Waals surface area contributed by atoms with Gasteiger partial charge in [0.25, 0.3) is 0 Å². The Bertz CT molecular complexity index is 577. The van der Waals surface area contributed by atoms with Crippen molar-refractivity contribution in [2.75, 3.05) is 13.1 Å². The van der Waals surface area contributed by atoms with Crippen LogP contribution < -0.4 is 5.32 Å². The first-order valence-electron chi connectivity index (χ1n) is 8.04. The third-order valence-corrected chi connectivity index (χ3v) is 4.38. The number of nitrogens with zero attached hydrogens (tertiary/aromatic N) is 1. The summed E-state index contributed by atoms with van der Waals surface area (Å²) in [6.07, 6.45) is 2.25. The molecule has 2 nitrogen and oxygen atoms in total. The molecular formula is C19H23FN2. The van der Waals surface area contributed by atoms with Gasteiger partial charge in [0.1, 0.15) is 5.82 Å². The molecule has 0 saturated carbocycles. The number of nitrogens with one attached hydrogen (secondary N) is 1. The van der Waals surface area contributed by atoms with Crippen LogP contribution in [0.15, 0.2) is 54.6 Å². The highest BCUT2D eigenvalue weighted by atomic mass is 19.1. The highest BCUT2D eigenvalue weighted by Crippen LogP contribution is 2.15. The first-order valence-corrected chi connectivity index (χ1v) is 8.04. The smallest absolute Gasteiger partial charge is 0.127 e. The van der Waals surface area contributed by atoms with E-state index >= 15 is 0 Å². The Kier molecular flexibility index (Phi) is 5.20. The fraction of sp³-hybridized carbons (Fsp3) is 0.368. The van der Waals surface area contributed by atoms with Gasteiger partial charge in [-0.3, -0.25) is 4.90 Å². The van der Waals surface area contributed by atoms with E-state index < -0.39 is 0 Å². The number of hydrogen-bond donors (Lipinski definition) is 1. The zero-order chi connectivity index (χ0) is 15.2. The average Bonchev–Trinajstić information content (AvgIpc) is 2.56. The summed E-state index contributed by atoms with van der Waals surface area (Å²) in [4.78, 5) is 2.50. The lowest BCUT2D eigenvalue weighted by Gasteiger charge is -2.32. The molecule has 0 atom stereocenters. The van der Waals surface area contributed by atoms with Gasteiger partial charge < -0.3 is 5.32 Å². The van der Waals surface area contributed by atoms with E-state index in [1.165, 1.54) is 11.6 Å². The van der Waals surface area contributed by atoms with Crippen LogP contribution >= 0.6 is 0 Å². The predicted molar refractivity (Wildman–Crippen MR) is 88.0 cm³/mol. The van der Waals surface area contributed by atoms with Crippen molar-refractivity contribution in [1.29, 1.82) is 0 Å². The van der Waals surface area contributed by atoms with Crippen molar-refractivity contribution in [3.63, 3.8) is 0 Å². The van der Waals surface area contributed by atoms with Crippen molar-refractivity contribution >= 4 is 0 Å². The topological polar surface area (TPSA) is 15.3 Å². The molecule has 0 unspecified atom stereocenters. The molecule has 1 aliphatic heterocycles. The van der Waals surface area contributed by atoms with Gasteiger partial charge in [0, 0.05) is 24.7 Å². The predicted octanol–water partition coefficient (Wildman–Crippen LogP) is 3.58. The second-order valence-corrected chi connectivity index (χ2v) is 6.01. The number of piperidine rings is 1. The van der Waals surface area contributed by atoms with E-state index in [2.05, 4.69) is 40.5 Å². The van der Waals surface area contributed by atoms with Gasteiger partial charge >= 0.3 is 0 Å². The van der Waals surface area contributed by atoms with Crippen molar-refractivity contribution < 1.29 is 4.39 Å². The monoisotopic (exact) mass is 298 g/mol. The fourth-order valence-electron chi connectivity index (χ4n) is 3.03. The van der Waals surface area contributed by atoms with E-state index in [4.69, 9.17) is 0 Å². The van der Waals surface area contributed by atoms with Crippen molar-refractivity contribution in [2.24, 2.45) is 0 Å². The molecule has 2 aromatic carbocycles. The minimum atomic E-state index is -0.114. The molecule has 0 bridgehead atoms. The summed E-state index contributed by atoms with van der Waals surface area (Å²) in [6.45, 7) is 3.85. The van der Waals surface area contributed by atoms with Crippen molar-refractivity contribution in [3.8, 4) is 0 Å². The molecule has 0 amide bonds. The van der Waals surface area contributed by atoms with Crippen LogP contribution in [0, 0.1) is 5.82 Å². The maximum atomic E-state index is 13.6. The molecule has 0 radical (unpaired) electrons. The van der Waals surface area contributed by atoms with Crippen molar-refractivity contribution in [2.45, 2.75) is 32.0 Å². The molecule has 0 spiro atoms. The highest BCUT2D eigenvalue weighted by molar-refractivity contribution is 5.17. The van der Waals surface area contributed by atoms with Gasteiger partial charge in [-0.1, -0.05) is 48.5 Å². The lowest BCUT2D eigenvalue weighted by atomic mass is 10.0. The summed E-state index contributed by atoms with van der Waals surface area (Å²) in [5.74, 6) is -0.114. The van der Waals surface area contributed by atoms with E-state index in [9.17, 15) is 4.39 Å². The molecule has 1 N–H and O–H groups in total. The summed E-state index contributed by atoms with van der Waals surface area (Å²) in [6, 6.07) is 18.1. The standard InChI is InChI=1S/C19H23FN2/c20-19-9-5-4-8-17(19)14-21-18-10-12-22(13-11-18)15-16-6-2-1-3-7-16/h1-9,18,21H,10-15H2. The average molecular weight is 298 g/mol. The molecule has 22 heavy (non-hydrogen) atoms. The lowest BCUT2D eigenvalue weighted by Crippen LogP contribution is -2.41. The molecule has 1 heterocycles. The van der Waals surface area contributed by atoms with Gasteiger partial charge in [-0.2, -0.15) is 0 Å². The first kappa shape index (κ1) is 15.2. The van der Waals surface area contributed by atoms with Gasteiger partial charge in [0.2, 0.25) is 0 Å². The third-order valence-electron chi connectivity index (χ3n) is 4.38. The minimum Gasteiger partial charge on any atom is -0.310 e. The maximum absolute atomic E-state index is 13.6. The molecule has 116 valence electrons. The Balaban J connectivity index is 1.43. The Morgan fingerprint density at radius 3 is 2.36 bits per heavy atom. The van der Waals surface area contributed by atoms with Gasteiger partial charge in [0.05, 0.1) is 0 Å². The number of likely N-dealkylation sites (tertiary alicyclic amines) is 1. The van der Waals surface area contributed by atoms with Gasteiger partial charge in [-0.15, -0.1) is 0 Å². The summed E-state index contributed by atoms with van der Waals surface area (Å²) in [5, 5.41) is 3.50. The second kappa shape index (κ2) is 7.52. The van der Waals surface area contributed by atoms with Crippen LogP contribution in [0.4, 0.5) is 4.39 Å². The van der Waals surface area contributed by atoms with Gasteiger partial charge in [-0.05, 0) is 37.6 Å². The van der Waals surface area contributed by atoms with Crippen molar-refractivity contribution in [3.05, 3.63) is 71.5 Å². The number of benzene rings is 2. The SMILES string of the molecule is Fc1ccccc1CNC1CCN(Cc2ccccc2)CC1. The molecule has 0 aromatic heterocycles. The van der Waals surface area contributed by atoms with E-state index in [-0.39, 0.29) is 5.82 Å². The summed E-state index contributed by atoms with van der Waals surface area (Å²) >= 11 is 0. The number of hydrogen-bond acceptors (Lipinski definition) is 2. The van der Waals surface area contributed by atoms with Crippen LogP contribution in [0.2, 0.25) is 0 Å². The third kappa shape index (κ3) is 4.15. The fourth-order valence-corrected chi connectivity index (χ4v) is 3.03. The van der Waals surface area contributed by atoms with Crippen LogP contribution in [-0.4, -0.2) is 24.0 Å². The Hall–Kier alpha value is -1.71. The van der Waals surface area contributed by atoms with Crippen LogP contribution in [0.5, 0.6) is 0 Å². The summed E-state index contributed by atoms with van der Waals surface area (Å²) < 4.78 is 13.6. The molecule has 3 rings (SSSR count). The molecule has 1 saturated heterocycles. The van der Waals surface area contributed by atoms with Gasteiger partial charge in [-0.25, -0.2) is 4.39 Å². The second-order valence-electron chi connectivity index (χ2n) is 6.01. The molecular weight excluding hydrogens is 275 g/mol. The zero-order valence-corrected chi connectivity index (χ0v) is 12.8. The van der Waals surface area contributed by atoms with Crippen LogP contribution in [0.1, 0.15) is 24.0 Å².